The van der Waals surface area contributed by atoms with Crippen LogP contribution in [0.5, 0.6) is 0 Å². The van der Waals surface area contributed by atoms with E-state index in [1.54, 1.807) is 44.2 Å². The van der Waals surface area contributed by atoms with Crippen LogP contribution in [-0.2, 0) is 15.7 Å². The van der Waals surface area contributed by atoms with E-state index in [-0.39, 0.29) is 11.5 Å². The normalized spacial score (nSPS) is 12.3. The molecule has 8 heteroatoms. The number of ketones is 1. The van der Waals surface area contributed by atoms with E-state index in [9.17, 15) is 27.6 Å². The fraction of sp³-hybridized carbons (Fsp3) is 0.286. The van der Waals surface area contributed by atoms with Crippen LogP contribution in [0.2, 0.25) is 0 Å². The standard InChI is InChI=1S/C21H20F3NO4/c1-13(2)18(25-19(27)14-7-4-3-5-8-14)20(28)29-12-17(26)15-9-6-10-16(11-15)21(22,23)24/h3-11,13,18H,12H2,1-2H3,(H,25,27)/t18-/m0/s1. The lowest BCUT2D eigenvalue weighted by Crippen LogP contribution is -2.45. The molecule has 0 saturated carbocycles. The molecule has 0 radical (unpaired) electrons. The van der Waals surface area contributed by atoms with Gasteiger partial charge in [0.25, 0.3) is 5.91 Å². The molecule has 2 rings (SSSR count). The third kappa shape index (κ3) is 6.17. The largest absolute Gasteiger partial charge is 0.456 e. The van der Waals surface area contributed by atoms with Gasteiger partial charge in [-0.3, -0.25) is 9.59 Å². The Labute approximate surface area is 165 Å². The van der Waals surface area contributed by atoms with Gasteiger partial charge in [0, 0.05) is 11.1 Å². The molecule has 0 saturated heterocycles. The molecule has 0 aliphatic heterocycles. The van der Waals surface area contributed by atoms with Gasteiger partial charge in [-0.2, -0.15) is 13.2 Å². The van der Waals surface area contributed by atoms with Crippen molar-refractivity contribution >= 4 is 17.7 Å². The van der Waals surface area contributed by atoms with Crippen molar-refractivity contribution in [2.75, 3.05) is 6.61 Å². The maximum atomic E-state index is 12.8. The van der Waals surface area contributed by atoms with Crippen molar-refractivity contribution < 1.29 is 32.3 Å². The van der Waals surface area contributed by atoms with E-state index in [1.165, 1.54) is 6.07 Å². The smallest absolute Gasteiger partial charge is 0.416 e. The third-order valence-corrected chi connectivity index (χ3v) is 4.10. The minimum absolute atomic E-state index is 0.220. The molecule has 5 nitrogen and oxygen atoms in total. The fourth-order valence-corrected chi connectivity index (χ4v) is 2.49. The average Bonchev–Trinajstić information content (AvgIpc) is 2.69. The van der Waals surface area contributed by atoms with Crippen molar-refractivity contribution in [2.24, 2.45) is 5.92 Å². The Morgan fingerprint density at radius 3 is 2.17 bits per heavy atom. The summed E-state index contributed by atoms with van der Waals surface area (Å²) in [6.07, 6.45) is -4.59. The molecule has 0 fully saturated rings. The highest BCUT2D eigenvalue weighted by molar-refractivity contribution is 5.99. The van der Waals surface area contributed by atoms with Crippen LogP contribution in [0.4, 0.5) is 13.2 Å². The van der Waals surface area contributed by atoms with Crippen molar-refractivity contribution in [2.45, 2.75) is 26.1 Å². The number of ether oxygens (including phenoxy) is 1. The number of carbonyl (C=O) groups excluding carboxylic acids is 3. The van der Waals surface area contributed by atoms with E-state index in [0.29, 0.717) is 11.6 Å². The summed E-state index contributed by atoms with van der Waals surface area (Å²) in [5.41, 5.74) is -0.835. The summed E-state index contributed by atoms with van der Waals surface area (Å²) >= 11 is 0. The van der Waals surface area contributed by atoms with E-state index >= 15 is 0 Å². The second kappa shape index (κ2) is 9.36. The zero-order chi connectivity index (χ0) is 21.6. The molecule has 1 N–H and O–H groups in total. The topological polar surface area (TPSA) is 72.5 Å². The van der Waals surface area contributed by atoms with Crippen LogP contribution >= 0.6 is 0 Å². The van der Waals surface area contributed by atoms with Crippen molar-refractivity contribution in [3.63, 3.8) is 0 Å². The van der Waals surface area contributed by atoms with Crippen molar-refractivity contribution in [1.82, 2.24) is 5.32 Å². The molecule has 154 valence electrons. The SMILES string of the molecule is CC(C)[C@H](NC(=O)c1ccccc1)C(=O)OCC(=O)c1cccc(C(F)(F)F)c1. The Kier molecular flexibility index (Phi) is 7.14. The van der Waals surface area contributed by atoms with Crippen LogP contribution < -0.4 is 5.32 Å². The Bertz CT molecular complexity index is 879. The number of hydrogen-bond acceptors (Lipinski definition) is 4. The van der Waals surface area contributed by atoms with E-state index in [1.807, 2.05) is 0 Å². The molecule has 0 spiro atoms. The number of rotatable bonds is 7. The first kappa shape index (κ1) is 22.1. The number of hydrogen-bond donors (Lipinski definition) is 1. The first-order valence-corrected chi connectivity index (χ1v) is 8.82. The predicted octanol–water partition coefficient (Wildman–Crippen LogP) is 3.89. The van der Waals surface area contributed by atoms with Gasteiger partial charge in [-0.1, -0.05) is 44.2 Å². The Morgan fingerprint density at radius 1 is 0.966 bits per heavy atom. The second-order valence-electron chi connectivity index (χ2n) is 6.67. The quantitative estimate of drug-likeness (QED) is 0.558. The molecule has 1 atom stereocenters. The molecular formula is C21H20F3NO4. The van der Waals surface area contributed by atoms with Crippen molar-refractivity contribution in [1.29, 1.82) is 0 Å². The third-order valence-electron chi connectivity index (χ3n) is 4.10. The summed E-state index contributed by atoms with van der Waals surface area (Å²) in [4.78, 5) is 36.7. The van der Waals surface area contributed by atoms with Gasteiger partial charge in [-0.05, 0) is 30.2 Å². The number of carbonyl (C=O) groups is 3. The summed E-state index contributed by atoms with van der Waals surface area (Å²) in [6.45, 7) is 2.64. The van der Waals surface area contributed by atoms with Crippen molar-refractivity contribution in [3.05, 3.63) is 71.3 Å². The fourth-order valence-electron chi connectivity index (χ4n) is 2.49. The molecule has 0 heterocycles. The maximum absolute atomic E-state index is 12.8. The number of Topliss-reactive ketones (excluding diaryl/α,β-unsaturated/α-hetero) is 1. The molecule has 1 amide bonds. The highest BCUT2D eigenvalue weighted by Gasteiger charge is 2.31. The van der Waals surface area contributed by atoms with Crippen LogP contribution in [-0.4, -0.2) is 30.3 Å². The second-order valence-corrected chi connectivity index (χ2v) is 6.67. The van der Waals surface area contributed by atoms with Crippen LogP contribution in [0.15, 0.2) is 54.6 Å². The molecular weight excluding hydrogens is 387 g/mol. The van der Waals surface area contributed by atoms with Crippen LogP contribution in [0.3, 0.4) is 0 Å². The molecule has 2 aromatic carbocycles. The van der Waals surface area contributed by atoms with E-state index in [0.717, 1.165) is 12.1 Å². The molecule has 0 unspecified atom stereocenters. The zero-order valence-corrected chi connectivity index (χ0v) is 15.8. The molecule has 0 aliphatic carbocycles. The number of benzene rings is 2. The van der Waals surface area contributed by atoms with Gasteiger partial charge < -0.3 is 10.1 Å². The van der Waals surface area contributed by atoms with Gasteiger partial charge in [0.2, 0.25) is 0 Å². The molecule has 0 aromatic heterocycles. The number of amides is 1. The first-order chi connectivity index (χ1) is 13.6. The highest BCUT2D eigenvalue weighted by atomic mass is 19.4. The Hall–Kier alpha value is -3.16. The summed E-state index contributed by atoms with van der Waals surface area (Å²) in [6, 6.07) is 11.1. The number of alkyl halides is 3. The van der Waals surface area contributed by atoms with Gasteiger partial charge in [0.05, 0.1) is 5.56 Å². The monoisotopic (exact) mass is 407 g/mol. The van der Waals surface area contributed by atoms with Crippen LogP contribution in [0.1, 0.15) is 40.1 Å². The van der Waals surface area contributed by atoms with Gasteiger partial charge in [0.15, 0.2) is 12.4 Å². The molecule has 0 aliphatic rings. The number of halogens is 3. The first-order valence-electron chi connectivity index (χ1n) is 8.82. The zero-order valence-electron chi connectivity index (χ0n) is 15.8. The summed E-state index contributed by atoms with van der Waals surface area (Å²) in [7, 11) is 0. The van der Waals surface area contributed by atoms with Gasteiger partial charge in [-0.15, -0.1) is 0 Å². The average molecular weight is 407 g/mol. The van der Waals surface area contributed by atoms with E-state index in [4.69, 9.17) is 4.74 Å². The van der Waals surface area contributed by atoms with Gasteiger partial charge in [-0.25, -0.2) is 4.79 Å². The van der Waals surface area contributed by atoms with Gasteiger partial charge >= 0.3 is 12.1 Å². The maximum Gasteiger partial charge on any atom is 0.416 e. The summed E-state index contributed by atoms with van der Waals surface area (Å²) < 4.78 is 43.3. The lowest BCUT2D eigenvalue weighted by Gasteiger charge is -2.20. The van der Waals surface area contributed by atoms with Crippen LogP contribution in [0.25, 0.3) is 0 Å². The number of esters is 1. The van der Waals surface area contributed by atoms with E-state index < -0.39 is 42.0 Å². The predicted molar refractivity (Wildman–Crippen MR) is 99.3 cm³/mol. The molecule has 2 aromatic rings. The van der Waals surface area contributed by atoms with Gasteiger partial charge in [0.1, 0.15) is 6.04 Å². The summed E-state index contributed by atoms with van der Waals surface area (Å²) in [5, 5.41) is 2.55. The minimum Gasteiger partial charge on any atom is -0.456 e. The van der Waals surface area contributed by atoms with Crippen molar-refractivity contribution in [3.8, 4) is 0 Å². The Balaban J connectivity index is 2.01. The molecule has 0 bridgehead atoms. The molecule has 29 heavy (non-hydrogen) atoms. The highest BCUT2D eigenvalue weighted by Crippen LogP contribution is 2.29. The number of nitrogens with one attached hydrogen (secondary N) is 1. The Morgan fingerprint density at radius 2 is 1.59 bits per heavy atom. The van der Waals surface area contributed by atoms with E-state index in [2.05, 4.69) is 5.32 Å². The lowest BCUT2D eigenvalue weighted by molar-refractivity contribution is -0.146. The minimum atomic E-state index is -4.59. The summed E-state index contributed by atoms with van der Waals surface area (Å²) in [5.74, 6) is -2.43. The lowest BCUT2D eigenvalue weighted by atomic mass is 10.0. The van der Waals surface area contributed by atoms with Crippen LogP contribution in [0, 0.1) is 5.92 Å².